The minimum atomic E-state index is -0.0316. The van der Waals surface area contributed by atoms with Gasteiger partial charge in [-0.25, -0.2) is 4.98 Å². The molecule has 0 aliphatic rings. The van der Waals surface area contributed by atoms with Crippen LogP contribution < -0.4 is 20.9 Å². The molecule has 0 bridgehead atoms. The van der Waals surface area contributed by atoms with Crippen molar-refractivity contribution in [2.24, 2.45) is 16.5 Å². The van der Waals surface area contributed by atoms with Crippen LogP contribution in [0.2, 0.25) is 0 Å². The van der Waals surface area contributed by atoms with E-state index in [9.17, 15) is 0 Å². The Bertz CT molecular complexity index is 649. The first kappa shape index (κ1) is 14.1. The predicted octanol–water partition coefficient (Wildman–Crippen LogP) is 1.44. The normalized spacial score (nSPS) is 10.2. The largest absolute Gasteiger partial charge is 0.493 e. The van der Waals surface area contributed by atoms with Crippen molar-refractivity contribution in [1.29, 1.82) is 0 Å². The molecule has 0 saturated heterocycles. The highest BCUT2D eigenvalue weighted by molar-refractivity contribution is 7.18. The van der Waals surface area contributed by atoms with Gasteiger partial charge in [-0.05, 0) is 6.92 Å². The second-order valence-electron chi connectivity index (χ2n) is 3.84. The number of methoxy groups -OCH3 is 2. The number of aromatic nitrogens is 2. The van der Waals surface area contributed by atoms with E-state index < -0.39 is 0 Å². The number of ether oxygens (including phenoxy) is 2. The summed E-state index contributed by atoms with van der Waals surface area (Å²) in [5.41, 5.74) is 12.1. The molecule has 0 amide bonds. The Morgan fingerprint density at radius 2 is 2.05 bits per heavy atom. The molecule has 0 aliphatic heterocycles. The van der Waals surface area contributed by atoms with Crippen molar-refractivity contribution in [2.75, 3.05) is 14.2 Å². The summed E-state index contributed by atoms with van der Waals surface area (Å²) in [5.74, 6) is 1.13. The molecule has 2 rings (SSSR count). The Balaban J connectivity index is 2.57. The van der Waals surface area contributed by atoms with Gasteiger partial charge in [0.1, 0.15) is 5.69 Å². The first-order valence-electron chi connectivity index (χ1n) is 5.71. The third kappa shape index (κ3) is 2.64. The number of aliphatic imine (C=N–C) groups is 1. The van der Waals surface area contributed by atoms with E-state index in [1.807, 2.05) is 6.92 Å². The second-order valence-corrected chi connectivity index (χ2v) is 4.82. The quantitative estimate of drug-likeness (QED) is 0.652. The highest BCUT2D eigenvalue weighted by Gasteiger charge is 2.18. The summed E-state index contributed by atoms with van der Waals surface area (Å²) >= 11 is 1.33. The first-order valence-corrected chi connectivity index (χ1v) is 6.53. The lowest BCUT2D eigenvalue weighted by Crippen LogP contribution is -2.21. The van der Waals surface area contributed by atoms with Crippen LogP contribution in [0.3, 0.4) is 0 Å². The van der Waals surface area contributed by atoms with Gasteiger partial charge in [0.2, 0.25) is 5.13 Å². The number of nitrogens with zero attached hydrogens (tertiary/aromatic N) is 3. The van der Waals surface area contributed by atoms with Crippen LogP contribution >= 0.6 is 11.3 Å². The van der Waals surface area contributed by atoms with E-state index in [1.165, 1.54) is 11.3 Å². The van der Waals surface area contributed by atoms with Crippen LogP contribution in [-0.2, 0) is 0 Å². The van der Waals surface area contributed by atoms with Gasteiger partial charge in [0.15, 0.2) is 17.5 Å². The molecule has 0 radical (unpaired) electrons. The molecule has 0 aromatic carbocycles. The Kier molecular flexibility index (Phi) is 4.04. The zero-order valence-electron chi connectivity index (χ0n) is 11.4. The molecule has 20 heavy (non-hydrogen) atoms. The fourth-order valence-electron chi connectivity index (χ4n) is 1.71. The Morgan fingerprint density at radius 1 is 1.30 bits per heavy atom. The average Bonchev–Trinajstić information content (AvgIpc) is 2.77. The van der Waals surface area contributed by atoms with Gasteiger partial charge in [-0.15, -0.1) is 0 Å². The zero-order valence-corrected chi connectivity index (χ0v) is 12.2. The van der Waals surface area contributed by atoms with E-state index in [1.54, 1.807) is 26.5 Å². The highest BCUT2D eigenvalue weighted by atomic mass is 32.1. The maximum atomic E-state index is 5.37. The summed E-state index contributed by atoms with van der Waals surface area (Å²) in [5, 5.41) is 0.476. The van der Waals surface area contributed by atoms with Crippen LogP contribution in [0.15, 0.2) is 17.3 Å². The van der Waals surface area contributed by atoms with E-state index in [2.05, 4.69) is 15.0 Å². The molecular formula is C12H15N5O2S. The predicted molar refractivity (Wildman–Crippen MR) is 78.7 cm³/mol. The van der Waals surface area contributed by atoms with Crippen LogP contribution in [0, 0.1) is 6.92 Å². The number of hydrogen-bond acceptors (Lipinski definition) is 6. The number of pyridine rings is 1. The van der Waals surface area contributed by atoms with Crippen LogP contribution in [0.25, 0.3) is 10.6 Å². The lowest BCUT2D eigenvalue weighted by atomic mass is 10.2. The third-order valence-electron chi connectivity index (χ3n) is 2.52. The summed E-state index contributed by atoms with van der Waals surface area (Å²) < 4.78 is 10.6. The Hall–Kier alpha value is -2.35. The van der Waals surface area contributed by atoms with Gasteiger partial charge in [0, 0.05) is 12.3 Å². The van der Waals surface area contributed by atoms with Gasteiger partial charge in [-0.3, -0.25) is 4.98 Å². The van der Waals surface area contributed by atoms with Gasteiger partial charge in [-0.1, -0.05) is 11.3 Å². The standard InChI is InChI=1S/C12H15N5O2S/c1-6-10(20-12(16-6)17-11(13)14)8-9(19-3)7(18-2)4-5-15-8/h4-5H,1-3H3,(H4,13,14,16,17). The summed E-state index contributed by atoms with van der Waals surface area (Å²) in [4.78, 5) is 13.4. The van der Waals surface area contributed by atoms with Crippen molar-refractivity contribution in [3.05, 3.63) is 18.0 Å². The van der Waals surface area contributed by atoms with Crippen molar-refractivity contribution in [1.82, 2.24) is 9.97 Å². The number of hydrogen-bond donors (Lipinski definition) is 2. The summed E-state index contributed by atoms with van der Waals surface area (Å²) in [6, 6.07) is 1.73. The lowest BCUT2D eigenvalue weighted by molar-refractivity contribution is 0.355. The highest BCUT2D eigenvalue weighted by Crippen LogP contribution is 2.41. The molecule has 2 aromatic rings. The van der Waals surface area contributed by atoms with Crippen molar-refractivity contribution in [3.63, 3.8) is 0 Å². The van der Waals surface area contributed by atoms with Crippen molar-refractivity contribution < 1.29 is 9.47 Å². The van der Waals surface area contributed by atoms with Crippen molar-refractivity contribution in [3.8, 4) is 22.1 Å². The summed E-state index contributed by atoms with van der Waals surface area (Å²) in [6.45, 7) is 1.86. The molecule has 0 atom stereocenters. The Morgan fingerprint density at radius 3 is 2.65 bits per heavy atom. The molecule has 8 heteroatoms. The third-order valence-corrected chi connectivity index (χ3v) is 3.58. The van der Waals surface area contributed by atoms with Crippen LogP contribution in [0.4, 0.5) is 5.13 Å². The molecule has 7 nitrogen and oxygen atoms in total. The molecule has 106 valence electrons. The second kappa shape index (κ2) is 5.74. The number of nitrogens with two attached hydrogens (primary N) is 2. The topological polar surface area (TPSA) is 109 Å². The number of guanidine groups is 1. The first-order chi connectivity index (χ1) is 9.56. The fraction of sp³-hybridized carbons (Fsp3) is 0.250. The fourth-order valence-corrected chi connectivity index (χ4v) is 2.66. The maximum Gasteiger partial charge on any atom is 0.213 e. The molecule has 0 spiro atoms. The maximum absolute atomic E-state index is 5.37. The minimum Gasteiger partial charge on any atom is -0.493 e. The van der Waals surface area contributed by atoms with Gasteiger partial charge < -0.3 is 20.9 Å². The van der Waals surface area contributed by atoms with Gasteiger partial charge in [-0.2, -0.15) is 4.99 Å². The molecule has 4 N–H and O–H groups in total. The molecule has 0 saturated carbocycles. The molecular weight excluding hydrogens is 278 g/mol. The summed E-state index contributed by atoms with van der Waals surface area (Å²) in [7, 11) is 3.14. The van der Waals surface area contributed by atoms with E-state index in [0.29, 0.717) is 22.3 Å². The lowest BCUT2D eigenvalue weighted by Gasteiger charge is -2.10. The summed E-state index contributed by atoms with van der Waals surface area (Å²) in [6.07, 6.45) is 1.65. The number of rotatable bonds is 4. The van der Waals surface area contributed by atoms with Crippen molar-refractivity contribution in [2.45, 2.75) is 6.92 Å². The smallest absolute Gasteiger partial charge is 0.213 e. The average molecular weight is 293 g/mol. The monoisotopic (exact) mass is 293 g/mol. The van der Waals surface area contributed by atoms with Crippen LogP contribution in [-0.4, -0.2) is 30.1 Å². The van der Waals surface area contributed by atoms with Gasteiger partial charge >= 0.3 is 0 Å². The molecule has 2 aromatic heterocycles. The molecule has 2 heterocycles. The SMILES string of the molecule is COc1ccnc(-c2sc(N=C(N)N)nc2C)c1OC. The molecule has 0 aliphatic carbocycles. The van der Waals surface area contributed by atoms with Crippen LogP contribution in [0.5, 0.6) is 11.5 Å². The molecule has 0 fully saturated rings. The Labute approximate surface area is 120 Å². The van der Waals surface area contributed by atoms with E-state index in [4.69, 9.17) is 20.9 Å². The van der Waals surface area contributed by atoms with Gasteiger partial charge in [0.25, 0.3) is 0 Å². The molecule has 0 unspecified atom stereocenters. The van der Waals surface area contributed by atoms with E-state index in [-0.39, 0.29) is 5.96 Å². The van der Waals surface area contributed by atoms with E-state index in [0.717, 1.165) is 10.6 Å². The van der Waals surface area contributed by atoms with Crippen LogP contribution in [0.1, 0.15) is 5.69 Å². The number of aryl methyl sites for hydroxylation is 1. The van der Waals surface area contributed by atoms with Gasteiger partial charge in [0.05, 0.1) is 24.8 Å². The minimum absolute atomic E-state index is 0.0316. The zero-order chi connectivity index (χ0) is 14.7. The van der Waals surface area contributed by atoms with Crippen molar-refractivity contribution >= 4 is 22.4 Å². The van der Waals surface area contributed by atoms with E-state index >= 15 is 0 Å². The number of thiazole rings is 1.